The first-order valence-corrected chi connectivity index (χ1v) is 8.97. The van der Waals surface area contributed by atoms with E-state index in [0.717, 1.165) is 44.9 Å². The van der Waals surface area contributed by atoms with E-state index < -0.39 is 0 Å². The second-order valence-electron chi connectivity index (χ2n) is 6.68. The standard InChI is InChI=1S/C17H28N6O/c1-3-18-17(20-8-7-19-16(24)13-4-5-13)23-9-6-14(12-23)15-10-21-22(2)11-15/h10-11,13-14H,3-9,12H2,1-2H3,(H,18,20)(H,19,24). The summed E-state index contributed by atoms with van der Waals surface area (Å²) in [5.74, 6) is 1.91. The van der Waals surface area contributed by atoms with E-state index >= 15 is 0 Å². The number of amides is 1. The summed E-state index contributed by atoms with van der Waals surface area (Å²) in [7, 11) is 1.96. The average molecular weight is 332 g/mol. The first-order valence-electron chi connectivity index (χ1n) is 8.97. The number of likely N-dealkylation sites (tertiary alicyclic amines) is 1. The lowest BCUT2D eigenvalue weighted by Crippen LogP contribution is -2.40. The lowest BCUT2D eigenvalue weighted by Gasteiger charge is -2.21. The molecular weight excluding hydrogens is 304 g/mol. The Morgan fingerprint density at radius 2 is 2.21 bits per heavy atom. The van der Waals surface area contributed by atoms with Crippen LogP contribution in [0.4, 0.5) is 0 Å². The van der Waals surface area contributed by atoms with E-state index in [1.807, 2.05) is 17.9 Å². The molecule has 1 saturated heterocycles. The molecular formula is C17H28N6O. The summed E-state index contributed by atoms with van der Waals surface area (Å²) in [4.78, 5) is 18.6. The summed E-state index contributed by atoms with van der Waals surface area (Å²) in [5, 5.41) is 10.6. The van der Waals surface area contributed by atoms with E-state index in [2.05, 4.69) is 38.7 Å². The van der Waals surface area contributed by atoms with E-state index in [1.54, 1.807) is 0 Å². The van der Waals surface area contributed by atoms with Gasteiger partial charge in [-0.3, -0.25) is 14.5 Å². The van der Waals surface area contributed by atoms with Gasteiger partial charge in [0.1, 0.15) is 0 Å². The van der Waals surface area contributed by atoms with Gasteiger partial charge in [0, 0.05) is 51.3 Å². The van der Waals surface area contributed by atoms with Crippen LogP contribution in [0, 0.1) is 5.92 Å². The highest BCUT2D eigenvalue weighted by molar-refractivity contribution is 5.81. The van der Waals surface area contributed by atoms with Crippen molar-refractivity contribution in [3.63, 3.8) is 0 Å². The number of aryl methyl sites for hydroxylation is 1. The van der Waals surface area contributed by atoms with Crippen LogP contribution in [0.2, 0.25) is 0 Å². The maximum atomic E-state index is 11.6. The molecule has 0 bridgehead atoms. The van der Waals surface area contributed by atoms with Crippen LogP contribution < -0.4 is 10.6 Å². The number of rotatable bonds is 6. The van der Waals surface area contributed by atoms with Crippen LogP contribution in [-0.2, 0) is 11.8 Å². The molecule has 1 atom stereocenters. The highest BCUT2D eigenvalue weighted by Gasteiger charge is 2.29. The molecule has 0 spiro atoms. The van der Waals surface area contributed by atoms with Crippen molar-refractivity contribution in [1.82, 2.24) is 25.3 Å². The SMILES string of the molecule is CCNC(=NCCNC(=O)C1CC1)N1CCC(c2cnn(C)c2)C1. The number of aliphatic imine (C=N–C) groups is 1. The van der Waals surface area contributed by atoms with Gasteiger partial charge in [0.15, 0.2) is 5.96 Å². The molecule has 2 fully saturated rings. The minimum atomic E-state index is 0.188. The molecule has 7 heteroatoms. The summed E-state index contributed by atoms with van der Waals surface area (Å²) >= 11 is 0. The van der Waals surface area contributed by atoms with Gasteiger partial charge in [-0.15, -0.1) is 0 Å². The van der Waals surface area contributed by atoms with E-state index in [9.17, 15) is 4.79 Å². The molecule has 1 aromatic heterocycles. The predicted molar refractivity (Wildman–Crippen MR) is 93.9 cm³/mol. The maximum absolute atomic E-state index is 11.6. The highest BCUT2D eigenvalue weighted by Crippen LogP contribution is 2.28. The molecule has 0 aromatic carbocycles. The zero-order valence-corrected chi connectivity index (χ0v) is 14.7. The van der Waals surface area contributed by atoms with Crippen molar-refractivity contribution in [3.05, 3.63) is 18.0 Å². The van der Waals surface area contributed by atoms with Crippen LogP contribution in [0.5, 0.6) is 0 Å². The minimum absolute atomic E-state index is 0.188. The molecule has 132 valence electrons. The van der Waals surface area contributed by atoms with Gasteiger partial charge in [0.05, 0.1) is 12.7 Å². The predicted octanol–water partition coefficient (Wildman–Crippen LogP) is 0.701. The van der Waals surface area contributed by atoms with Crippen LogP contribution in [-0.4, -0.2) is 59.3 Å². The highest BCUT2D eigenvalue weighted by atomic mass is 16.2. The number of nitrogens with one attached hydrogen (secondary N) is 2. The van der Waals surface area contributed by atoms with Gasteiger partial charge in [-0.25, -0.2) is 0 Å². The monoisotopic (exact) mass is 332 g/mol. The van der Waals surface area contributed by atoms with Gasteiger partial charge in [0.2, 0.25) is 5.91 Å². The average Bonchev–Trinajstić information content (AvgIpc) is 3.15. The van der Waals surface area contributed by atoms with E-state index in [0.29, 0.717) is 19.0 Å². The fraction of sp³-hybridized carbons (Fsp3) is 0.706. The molecule has 1 aromatic rings. The van der Waals surface area contributed by atoms with Gasteiger partial charge >= 0.3 is 0 Å². The fourth-order valence-corrected chi connectivity index (χ4v) is 3.13. The molecule has 2 aliphatic rings. The van der Waals surface area contributed by atoms with Crippen molar-refractivity contribution in [2.45, 2.75) is 32.1 Å². The molecule has 1 aliphatic heterocycles. The van der Waals surface area contributed by atoms with Gasteiger partial charge < -0.3 is 15.5 Å². The third kappa shape index (κ3) is 4.27. The first-order chi connectivity index (χ1) is 11.7. The Labute approximate surface area is 143 Å². The molecule has 1 amide bonds. The number of carbonyl (C=O) groups is 1. The van der Waals surface area contributed by atoms with Crippen molar-refractivity contribution in [3.8, 4) is 0 Å². The maximum Gasteiger partial charge on any atom is 0.223 e. The van der Waals surface area contributed by atoms with Crippen LogP contribution in [0.25, 0.3) is 0 Å². The Bertz CT molecular complexity index is 592. The van der Waals surface area contributed by atoms with Gasteiger partial charge in [0.25, 0.3) is 0 Å². The molecule has 1 unspecified atom stereocenters. The third-order valence-electron chi connectivity index (χ3n) is 4.64. The third-order valence-corrected chi connectivity index (χ3v) is 4.64. The summed E-state index contributed by atoms with van der Waals surface area (Å²) in [5.41, 5.74) is 1.30. The molecule has 3 rings (SSSR count). The summed E-state index contributed by atoms with van der Waals surface area (Å²) < 4.78 is 1.86. The number of hydrogen-bond donors (Lipinski definition) is 2. The number of guanidine groups is 1. The fourth-order valence-electron chi connectivity index (χ4n) is 3.13. The second kappa shape index (κ2) is 7.68. The van der Waals surface area contributed by atoms with Gasteiger partial charge in [-0.2, -0.15) is 5.10 Å². The number of carbonyl (C=O) groups excluding carboxylic acids is 1. The van der Waals surface area contributed by atoms with Crippen molar-refractivity contribution in [2.24, 2.45) is 18.0 Å². The first kappa shape index (κ1) is 16.8. The van der Waals surface area contributed by atoms with Crippen LogP contribution in [0.3, 0.4) is 0 Å². The van der Waals surface area contributed by atoms with Crippen LogP contribution >= 0.6 is 0 Å². The summed E-state index contributed by atoms with van der Waals surface area (Å²) in [6.45, 7) is 6.13. The normalized spacial score (nSPS) is 21.2. The molecule has 2 heterocycles. The molecule has 7 nitrogen and oxygen atoms in total. The van der Waals surface area contributed by atoms with Crippen molar-refractivity contribution >= 4 is 11.9 Å². The second-order valence-corrected chi connectivity index (χ2v) is 6.68. The zero-order chi connectivity index (χ0) is 16.9. The lowest BCUT2D eigenvalue weighted by molar-refractivity contribution is -0.122. The number of aromatic nitrogens is 2. The molecule has 2 N–H and O–H groups in total. The minimum Gasteiger partial charge on any atom is -0.357 e. The summed E-state index contributed by atoms with van der Waals surface area (Å²) in [6, 6.07) is 0. The van der Waals surface area contributed by atoms with Crippen molar-refractivity contribution in [2.75, 3.05) is 32.7 Å². The van der Waals surface area contributed by atoms with Gasteiger partial charge in [-0.05, 0) is 31.7 Å². The Balaban J connectivity index is 1.50. The van der Waals surface area contributed by atoms with E-state index in [4.69, 9.17) is 0 Å². The van der Waals surface area contributed by atoms with Gasteiger partial charge in [-0.1, -0.05) is 0 Å². The quantitative estimate of drug-likeness (QED) is 0.457. The Hall–Kier alpha value is -2.05. The van der Waals surface area contributed by atoms with Crippen LogP contribution in [0.1, 0.15) is 37.7 Å². The van der Waals surface area contributed by atoms with Crippen LogP contribution in [0.15, 0.2) is 17.4 Å². The molecule has 1 saturated carbocycles. The molecule has 0 radical (unpaired) electrons. The zero-order valence-electron chi connectivity index (χ0n) is 14.7. The Morgan fingerprint density at radius 3 is 2.88 bits per heavy atom. The van der Waals surface area contributed by atoms with Crippen molar-refractivity contribution < 1.29 is 4.79 Å². The smallest absolute Gasteiger partial charge is 0.223 e. The Kier molecular flexibility index (Phi) is 5.37. The topological polar surface area (TPSA) is 74.6 Å². The van der Waals surface area contributed by atoms with E-state index in [1.165, 1.54) is 5.56 Å². The number of hydrogen-bond acceptors (Lipinski definition) is 3. The largest absolute Gasteiger partial charge is 0.357 e. The summed E-state index contributed by atoms with van der Waals surface area (Å²) in [6.07, 6.45) is 7.27. The molecule has 1 aliphatic carbocycles. The van der Waals surface area contributed by atoms with Crippen molar-refractivity contribution in [1.29, 1.82) is 0 Å². The molecule has 24 heavy (non-hydrogen) atoms. The lowest BCUT2D eigenvalue weighted by atomic mass is 10.0. The Morgan fingerprint density at radius 1 is 1.38 bits per heavy atom. The number of nitrogens with zero attached hydrogens (tertiary/aromatic N) is 4. The van der Waals surface area contributed by atoms with E-state index in [-0.39, 0.29) is 11.8 Å².